The molecule has 22 heavy (non-hydrogen) atoms. The van der Waals surface area contributed by atoms with E-state index in [1.165, 1.54) is 0 Å². The van der Waals surface area contributed by atoms with E-state index in [1.54, 1.807) is 11.3 Å². The van der Waals surface area contributed by atoms with E-state index in [0.717, 1.165) is 27.5 Å². The minimum Gasteiger partial charge on any atom is -0.322 e. The number of nitrogens with one attached hydrogen (secondary N) is 1. The van der Waals surface area contributed by atoms with Crippen molar-refractivity contribution in [1.82, 2.24) is 4.98 Å². The Bertz CT molecular complexity index is 806. The molecular formula is C18H16N2OS. The third-order valence-corrected chi connectivity index (χ3v) is 4.11. The number of amides is 1. The van der Waals surface area contributed by atoms with E-state index < -0.39 is 0 Å². The maximum absolute atomic E-state index is 12.3. The molecule has 1 N–H and O–H groups in total. The summed E-state index contributed by atoms with van der Waals surface area (Å²) in [7, 11) is 0. The molecule has 3 aromatic rings. The van der Waals surface area contributed by atoms with Crippen molar-refractivity contribution < 1.29 is 4.79 Å². The highest BCUT2D eigenvalue weighted by atomic mass is 32.1. The standard InChI is InChI=1S/C18H16N2OS/c1-12-4-3-5-16(10-12)20-18(21)15-8-6-14(7-9-15)17-11-22-13(2)19-17/h3-11H,1-2H3,(H,20,21). The van der Waals surface area contributed by atoms with Gasteiger partial charge >= 0.3 is 0 Å². The lowest BCUT2D eigenvalue weighted by atomic mass is 10.1. The largest absolute Gasteiger partial charge is 0.322 e. The van der Waals surface area contributed by atoms with Crippen LogP contribution in [0.25, 0.3) is 11.3 Å². The topological polar surface area (TPSA) is 42.0 Å². The molecule has 1 heterocycles. The first-order chi connectivity index (χ1) is 10.6. The molecule has 0 bridgehead atoms. The fourth-order valence-electron chi connectivity index (χ4n) is 2.21. The van der Waals surface area contributed by atoms with E-state index in [4.69, 9.17) is 0 Å². The molecule has 0 unspecified atom stereocenters. The quantitative estimate of drug-likeness (QED) is 0.763. The summed E-state index contributed by atoms with van der Waals surface area (Å²) < 4.78 is 0. The smallest absolute Gasteiger partial charge is 0.255 e. The molecule has 0 aliphatic heterocycles. The van der Waals surface area contributed by atoms with Crippen LogP contribution in [0.2, 0.25) is 0 Å². The molecule has 0 atom stereocenters. The Labute approximate surface area is 133 Å². The summed E-state index contributed by atoms with van der Waals surface area (Å²) in [5.74, 6) is -0.105. The molecular weight excluding hydrogens is 292 g/mol. The summed E-state index contributed by atoms with van der Waals surface area (Å²) in [5, 5.41) is 5.97. The molecule has 0 saturated carbocycles. The zero-order chi connectivity index (χ0) is 15.5. The van der Waals surface area contributed by atoms with Gasteiger partial charge in [-0.2, -0.15) is 0 Å². The summed E-state index contributed by atoms with van der Waals surface area (Å²) in [6.07, 6.45) is 0. The Morgan fingerprint density at radius 2 is 1.86 bits per heavy atom. The maximum Gasteiger partial charge on any atom is 0.255 e. The monoisotopic (exact) mass is 308 g/mol. The number of aryl methyl sites for hydroxylation is 2. The molecule has 0 saturated heterocycles. The first kappa shape index (κ1) is 14.5. The fourth-order valence-corrected chi connectivity index (χ4v) is 2.84. The first-order valence-electron chi connectivity index (χ1n) is 7.02. The minimum absolute atomic E-state index is 0.105. The predicted molar refractivity (Wildman–Crippen MR) is 91.4 cm³/mol. The van der Waals surface area contributed by atoms with Crippen LogP contribution < -0.4 is 5.32 Å². The van der Waals surface area contributed by atoms with Gasteiger partial charge in [-0.05, 0) is 43.7 Å². The Kier molecular flexibility index (Phi) is 4.02. The molecule has 4 heteroatoms. The molecule has 0 aliphatic rings. The van der Waals surface area contributed by atoms with E-state index in [-0.39, 0.29) is 5.91 Å². The number of anilines is 1. The molecule has 110 valence electrons. The molecule has 0 aliphatic carbocycles. The average Bonchev–Trinajstić information content (AvgIpc) is 2.94. The maximum atomic E-state index is 12.3. The van der Waals surface area contributed by atoms with Crippen molar-refractivity contribution in [3.8, 4) is 11.3 Å². The highest BCUT2D eigenvalue weighted by Crippen LogP contribution is 2.22. The number of thiazole rings is 1. The van der Waals surface area contributed by atoms with Crippen LogP contribution in [0.3, 0.4) is 0 Å². The van der Waals surface area contributed by atoms with Crippen molar-refractivity contribution >= 4 is 22.9 Å². The zero-order valence-corrected chi connectivity index (χ0v) is 13.3. The van der Waals surface area contributed by atoms with Gasteiger partial charge in [0.2, 0.25) is 0 Å². The van der Waals surface area contributed by atoms with Crippen LogP contribution in [0.4, 0.5) is 5.69 Å². The van der Waals surface area contributed by atoms with Crippen LogP contribution >= 0.6 is 11.3 Å². The van der Waals surface area contributed by atoms with Gasteiger partial charge in [-0.15, -0.1) is 11.3 Å². The summed E-state index contributed by atoms with van der Waals surface area (Å²) >= 11 is 1.62. The van der Waals surface area contributed by atoms with Crippen molar-refractivity contribution in [3.63, 3.8) is 0 Å². The molecule has 3 nitrogen and oxygen atoms in total. The molecule has 0 spiro atoms. The highest BCUT2D eigenvalue weighted by molar-refractivity contribution is 7.09. The number of rotatable bonds is 3. The number of aromatic nitrogens is 1. The normalized spacial score (nSPS) is 10.5. The average molecular weight is 308 g/mol. The molecule has 1 amide bonds. The van der Waals surface area contributed by atoms with E-state index in [0.29, 0.717) is 5.56 Å². The van der Waals surface area contributed by atoms with E-state index in [9.17, 15) is 4.79 Å². The lowest BCUT2D eigenvalue weighted by Gasteiger charge is -2.06. The number of nitrogens with zero attached hydrogens (tertiary/aromatic N) is 1. The van der Waals surface area contributed by atoms with Crippen molar-refractivity contribution in [2.24, 2.45) is 0 Å². The van der Waals surface area contributed by atoms with Crippen LogP contribution in [0.15, 0.2) is 53.9 Å². The Morgan fingerprint density at radius 3 is 2.50 bits per heavy atom. The van der Waals surface area contributed by atoms with Gasteiger partial charge in [0.1, 0.15) is 0 Å². The van der Waals surface area contributed by atoms with Crippen molar-refractivity contribution in [2.75, 3.05) is 5.32 Å². The fraction of sp³-hybridized carbons (Fsp3) is 0.111. The second-order valence-electron chi connectivity index (χ2n) is 5.15. The van der Waals surface area contributed by atoms with Gasteiger partial charge in [0, 0.05) is 22.2 Å². The van der Waals surface area contributed by atoms with Gasteiger partial charge in [0.05, 0.1) is 10.7 Å². The molecule has 3 rings (SSSR count). The Hall–Kier alpha value is -2.46. The van der Waals surface area contributed by atoms with Gasteiger partial charge < -0.3 is 5.32 Å². The van der Waals surface area contributed by atoms with Crippen LogP contribution in [0.1, 0.15) is 20.9 Å². The van der Waals surface area contributed by atoms with Crippen LogP contribution in [0.5, 0.6) is 0 Å². The lowest BCUT2D eigenvalue weighted by Crippen LogP contribution is -2.11. The Morgan fingerprint density at radius 1 is 1.09 bits per heavy atom. The molecule has 1 aromatic heterocycles. The first-order valence-corrected chi connectivity index (χ1v) is 7.90. The number of carbonyl (C=O) groups excluding carboxylic acids is 1. The third kappa shape index (κ3) is 3.23. The van der Waals surface area contributed by atoms with Gasteiger partial charge in [-0.1, -0.05) is 24.3 Å². The molecule has 0 fully saturated rings. The highest BCUT2D eigenvalue weighted by Gasteiger charge is 2.08. The number of hydrogen-bond donors (Lipinski definition) is 1. The zero-order valence-electron chi connectivity index (χ0n) is 12.5. The van der Waals surface area contributed by atoms with Gasteiger partial charge in [-0.25, -0.2) is 4.98 Å². The van der Waals surface area contributed by atoms with Crippen LogP contribution in [0, 0.1) is 13.8 Å². The summed E-state index contributed by atoms with van der Waals surface area (Å²) in [4.78, 5) is 16.7. The molecule has 2 aromatic carbocycles. The van der Waals surface area contributed by atoms with E-state index >= 15 is 0 Å². The molecule has 0 radical (unpaired) electrons. The predicted octanol–water partition coefficient (Wildman–Crippen LogP) is 4.68. The number of carbonyl (C=O) groups is 1. The third-order valence-electron chi connectivity index (χ3n) is 3.34. The SMILES string of the molecule is Cc1cccc(NC(=O)c2ccc(-c3csc(C)n3)cc2)c1. The van der Waals surface area contributed by atoms with Crippen LogP contribution in [-0.4, -0.2) is 10.9 Å². The van der Waals surface area contributed by atoms with E-state index in [2.05, 4.69) is 10.3 Å². The van der Waals surface area contributed by atoms with Crippen LogP contribution in [-0.2, 0) is 0 Å². The van der Waals surface area contributed by atoms with Crippen molar-refractivity contribution in [3.05, 3.63) is 70.0 Å². The lowest BCUT2D eigenvalue weighted by molar-refractivity contribution is 0.102. The van der Waals surface area contributed by atoms with E-state index in [1.807, 2.05) is 67.8 Å². The minimum atomic E-state index is -0.105. The van der Waals surface area contributed by atoms with Gasteiger partial charge in [0.25, 0.3) is 5.91 Å². The van der Waals surface area contributed by atoms with Crippen molar-refractivity contribution in [1.29, 1.82) is 0 Å². The second-order valence-corrected chi connectivity index (χ2v) is 6.21. The summed E-state index contributed by atoms with van der Waals surface area (Å²) in [5.41, 5.74) is 4.54. The number of benzene rings is 2. The van der Waals surface area contributed by atoms with Gasteiger partial charge in [-0.3, -0.25) is 4.79 Å². The summed E-state index contributed by atoms with van der Waals surface area (Å²) in [6.45, 7) is 3.98. The van der Waals surface area contributed by atoms with Crippen molar-refractivity contribution in [2.45, 2.75) is 13.8 Å². The second kappa shape index (κ2) is 6.12. The number of hydrogen-bond acceptors (Lipinski definition) is 3. The van der Waals surface area contributed by atoms with Gasteiger partial charge in [0.15, 0.2) is 0 Å². The summed E-state index contributed by atoms with van der Waals surface area (Å²) in [6, 6.07) is 15.3. The Balaban J connectivity index is 1.76.